The zero-order valence-electron chi connectivity index (χ0n) is 30.3. The highest BCUT2D eigenvalue weighted by molar-refractivity contribution is 7.85. The molecule has 272 valence electrons. The van der Waals surface area contributed by atoms with E-state index >= 15 is 4.57 Å². The molecule has 0 bridgehead atoms. The van der Waals surface area contributed by atoms with Crippen LogP contribution in [0.4, 0.5) is 0 Å². The van der Waals surface area contributed by atoms with Gasteiger partial charge < -0.3 is 4.57 Å². The van der Waals surface area contributed by atoms with E-state index in [1.54, 1.807) is 0 Å². The molecule has 0 heterocycles. The minimum Gasteiger partial charge on any atom is -0.309 e. The van der Waals surface area contributed by atoms with Crippen molar-refractivity contribution in [2.45, 2.75) is 45.4 Å². The normalized spacial score (nSPS) is 12.7. The molecule has 2 aliphatic carbocycles. The molecule has 0 atom stereocenters. The van der Waals surface area contributed by atoms with E-state index in [4.69, 9.17) is 46.4 Å². The molecular weight excluding hydrogens is 777 g/mol. The Hall–Kier alpha value is -4.07. The van der Waals surface area contributed by atoms with Crippen molar-refractivity contribution in [2.24, 2.45) is 0 Å². The lowest BCUT2D eigenvalue weighted by atomic mass is 9.98. The second-order valence-electron chi connectivity index (χ2n) is 14.6. The van der Waals surface area contributed by atoms with Crippen LogP contribution in [0.5, 0.6) is 0 Å². The molecule has 0 N–H and O–H groups in total. The zero-order chi connectivity index (χ0) is 37.8. The third kappa shape index (κ3) is 6.30. The maximum absolute atomic E-state index is 17.7. The van der Waals surface area contributed by atoms with Gasteiger partial charge in [0.1, 0.15) is 0 Å². The fourth-order valence-electron chi connectivity index (χ4n) is 8.87. The van der Waals surface area contributed by atoms with E-state index in [0.29, 0.717) is 45.8 Å². The summed E-state index contributed by atoms with van der Waals surface area (Å²) in [5.74, 6) is 0. The van der Waals surface area contributed by atoms with Crippen molar-refractivity contribution in [3.05, 3.63) is 204 Å². The van der Waals surface area contributed by atoms with E-state index < -0.39 is 7.14 Å². The topological polar surface area (TPSA) is 17.1 Å². The number of hydrogen-bond donors (Lipinski definition) is 0. The van der Waals surface area contributed by atoms with E-state index in [1.807, 2.05) is 36.4 Å². The van der Waals surface area contributed by atoms with Gasteiger partial charge in [-0.1, -0.05) is 169 Å². The molecule has 6 heteroatoms. The van der Waals surface area contributed by atoms with Gasteiger partial charge in [0.25, 0.3) is 0 Å². The number of fused-ring (bicyclic) bond motifs is 6. The molecule has 0 saturated heterocycles. The van der Waals surface area contributed by atoms with E-state index in [-0.39, 0.29) is 0 Å². The lowest BCUT2D eigenvalue weighted by molar-refractivity contribution is 0.592. The number of benzene rings is 7. The van der Waals surface area contributed by atoms with Crippen molar-refractivity contribution >= 4 is 69.5 Å². The summed E-state index contributed by atoms with van der Waals surface area (Å²) >= 11 is 27.6. The highest BCUT2D eigenvalue weighted by atomic mass is 35.5. The Labute approximate surface area is 343 Å². The van der Waals surface area contributed by atoms with Crippen molar-refractivity contribution in [3.8, 4) is 22.3 Å². The van der Waals surface area contributed by atoms with Gasteiger partial charge >= 0.3 is 0 Å². The molecule has 0 unspecified atom stereocenters. The summed E-state index contributed by atoms with van der Waals surface area (Å²) in [6, 6.07) is 45.7. The number of hydrogen-bond acceptors (Lipinski definition) is 1. The third-order valence-corrected chi connectivity index (χ3v) is 16.2. The van der Waals surface area contributed by atoms with Crippen LogP contribution in [0.1, 0.15) is 63.4 Å². The molecule has 55 heavy (non-hydrogen) atoms. The minimum absolute atomic E-state index is 0.427. The molecule has 7 aromatic carbocycles. The minimum atomic E-state index is -3.74. The van der Waals surface area contributed by atoms with Gasteiger partial charge in [0.05, 0.1) is 0 Å². The molecule has 0 radical (unpaired) electrons. The van der Waals surface area contributed by atoms with Crippen LogP contribution in [0.2, 0.25) is 20.1 Å². The maximum atomic E-state index is 17.7. The van der Waals surface area contributed by atoms with Crippen LogP contribution in [0.3, 0.4) is 0 Å². The molecule has 1 nitrogen and oxygen atoms in total. The van der Waals surface area contributed by atoms with Crippen LogP contribution in [0, 0.1) is 0 Å². The van der Waals surface area contributed by atoms with Gasteiger partial charge in [0.2, 0.25) is 0 Å². The van der Waals surface area contributed by atoms with Crippen molar-refractivity contribution in [1.82, 2.24) is 0 Å². The lowest BCUT2D eigenvalue weighted by Gasteiger charge is -2.30. The lowest BCUT2D eigenvalue weighted by Crippen LogP contribution is -2.34. The van der Waals surface area contributed by atoms with Crippen molar-refractivity contribution < 1.29 is 4.57 Å². The maximum Gasteiger partial charge on any atom is 0.172 e. The van der Waals surface area contributed by atoms with Gasteiger partial charge in [-0.15, -0.1) is 0 Å². The van der Waals surface area contributed by atoms with Gasteiger partial charge in [0, 0.05) is 48.8 Å². The van der Waals surface area contributed by atoms with E-state index in [0.717, 1.165) is 73.3 Å². The molecule has 2 aliphatic rings. The molecule has 0 amide bonds. The molecule has 0 aliphatic heterocycles. The predicted molar refractivity (Wildman–Crippen MR) is 235 cm³/mol. The average Bonchev–Trinajstić information content (AvgIpc) is 3.76. The van der Waals surface area contributed by atoms with Crippen LogP contribution < -0.4 is 15.9 Å². The largest absolute Gasteiger partial charge is 0.309 e. The summed E-state index contributed by atoms with van der Waals surface area (Å²) in [6.45, 7) is 2.19. The van der Waals surface area contributed by atoms with E-state index in [1.165, 1.54) is 27.8 Å². The van der Waals surface area contributed by atoms with Gasteiger partial charge in [-0.3, -0.25) is 0 Å². The SMILES string of the molecule is CCCc1ccc(P(=O)(c2c(Cc3c(Cl)cccc3Cl)ccc3c2Cc2ccccc2-3)c2c(Cc3c(Cl)cccc3Cl)ccc3c2Cc2ccccc2-3)cc1. The van der Waals surface area contributed by atoms with E-state index in [9.17, 15) is 0 Å². The van der Waals surface area contributed by atoms with Crippen LogP contribution in [-0.2, 0) is 36.7 Å². The Bertz CT molecular complexity index is 2500. The summed E-state index contributed by atoms with van der Waals surface area (Å²) in [7, 11) is -3.74. The molecule has 9 rings (SSSR count). The Kier molecular flexibility index (Phi) is 9.83. The second kappa shape index (κ2) is 14.8. The first kappa shape index (κ1) is 36.6. The second-order valence-corrected chi connectivity index (χ2v) is 18.9. The number of halogens is 4. The highest BCUT2D eigenvalue weighted by Crippen LogP contribution is 2.53. The third-order valence-electron chi connectivity index (χ3n) is 11.4. The Morgan fingerprint density at radius 3 is 1.36 bits per heavy atom. The van der Waals surface area contributed by atoms with Crippen molar-refractivity contribution in [3.63, 3.8) is 0 Å². The Morgan fingerprint density at radius 1 is 0.491 bits per heavy atom. The predicted octanol–water partition coefficient (Wildman–Crippen LogP) is 13.2. The van der Waals surface area contributed by atoms with Gasteiger partial charge in [0.15, 0.2) is 7.14 Å². The quantitative estimate of drug-likeness (QED) is 0.133. The molecule has 0 aromatic heterocycles. The van der Waals surface area contributed by atoms with Crippen LogP contribution >= 0.6 is 53.5 Å². The van der Waals surface area contributed by atoms with Gasteiger partial charge in [-0.25, -0.2) is 0 Å². The zero-order valence-corrected chi connectivity index (χ0v) is 34.2. The first-order chi connectivity index (χ1) is 26.8. The summed E-state index contributed by atoms with van der Waals surface area (Å²) in [5, 5.41) is 4.90. The summed E-state index contributed by atoms with van der Waals surface area (Å²) in [5.41, 5.74) is 14.0. The molecule has 0 fully saturated rings. The smallest absolute Gasteiger partial charge is 0.172 e. The summed E-state index contributed by atoms with van der Waals surface area (Å²) in [4.78, 5) is 0. The summed E-state index contributed by atoms with van der Waals surface area (Å²) in [6.07, 6.45) is 4.17. The monoisotopic (exact) mass is 812 g/mol. The van der Waals surface area contributed by atoms with Gasteiger partial charge in [-0.05, 0) is 116 Å². The molecule has 7 aromatic rings. The van der Waals surface area contributed by atoms with Crippen molar-refractivity contribution in [1.29, 1.82) is 0 Å². The van der Waals surface area contributed by atoms with Gasteiger partial charge in [-0.2, -0.15) is 0 Å². The Morgan fingerprint density at radius 2 is 0.927 bits per heavy atom. The molecule has 0 saturated carbocycles. The average molecular weight is 815 g/mol. The van der Waals surface area contributed by atoms with Crippen LogP contribution in [-0.4, -0.2) is 0 Å². The van der Waals surface area contributed by atoms with Crippen molar-refractivity contribution in [2.75, 3.05) is 0 Å². The first-order valence-corrected chi connectivity index (χ1v) is 22.0. The molecule has 0 spiro atoms. The Balaban J connectivity index is 1.40. The standard InChI is InChI=1S/C49H37Cl4OP/c1-2-9-30-18-22-35(23-19-30)55(54,48-33(28-42-44(50)14-7-15-45(42)51)20-24-38-36-12-5-3-10-31(36)26-40(38)48)49-34(29-43-46(52)16-8-17-47(43)53)21-25-39-37-13-6-4-11-32(37)27-41(39)49/h3-8,10-25H,2,9,26-29H2,1H3. The van der Waals surface area contributed by atoms with Crippen LogP contribution in [0.15, 0.2) is 133 Å². The van der Waals surface area contributed by atoms with Crippen LogP contribution in [0.25, 0.3) is 22.3 Å². The number of rotatable bonds is 9. The fourth-order valence-corrected chi connectivity index (χ4v) is 13.5. The summed E-state index contributed by atoms with van der Waals surface area (Å²) < 4.78 is 17.7. The molecular formula is C49H37Cl4OP. The highest BCUT2D eigenvalue weighted by Gasteiger charge is 2.42. The van der Waals surface area contributed by atoms with E-state index in [2.05, 4.69) is 104 Å². The first-order valence-electron chi connectivity index (χ1n) is 18.8. The fraction of sp³-hybridized carbons (Fsp3) is 0.143. The number of aryl methyl sites for hydroxylation is 1.